The van der Waals surface area contributed by atoms with E-state index in [-0.39, 0.29) is 18.0 Å². The van der Waals surface area contributed by atoms with E-state index in [9.17, 15) is 9.59 Å². The van der Waals surface area contributed by atoms with Crippen LogP contribution in [0.1, 0.15) is 63.5 Å². The molecular formula is C23H35N3O2. The molecule has 1 aliphatic carbocycles. The van der Waals surface area contributed by atoms with Gasteiger partial charge in [-0.25, -0.2) is 4.79 Å². The molecule has 1 N–H and O–H groups in total. The van der Waals surface area contributed by atoms with Crippen LogP contribution in [0.15, 0.2) is 18.2 Å². The number of hydrogen-bond acceptors (Lipinski definition) is 2. The Hall–Kier alpha value is -2.04. The highest BCUT2D eigenvalue weighted by Gasteiger charge is 2.35. The number of nitrogens with one attached hydrogen (secondary N) is 1. The minimum Gasteiger partial charge on any atom is -0.343 e. The number of anilines is 1. The summed E-state index contributed by atoms with van der Waals surface area (Å²) in [4.78, 5) is 29.0. The third kappa shape index (κ3) is 4.86. The first kappa shape index (κ1) is 20.7. The number of hydrogen-bond donors (Lipinski definition) is 1. The standard InChI is InChI=1S/C23H35N3O2/c1-16-5-9-21(10-6-16)26(22-11-13-25(14-12-22)19(4)27)23(28)24-20-8-7-17(2)18(3)15-20/h7-8,15-16,21-22H,5-6,9-14H2,1-4H3,(H,24,28). The van der Waals surface area contributed by atoms with Gasteiger partial charge in [-0.15, -0.1) is 0 Å². The van der Waals surface area contributed by atoms with Crippen molar-refractivity contribution in [3.05, 3.63) is 29.3 Å². The second kappa shape index (κ2) is 8.97. The van der Waals surface area contributed by atoms with Crippen molar-refractivity contribution in [2.24, 2.45) is 5.92 Å². The maximum absolute atomic E-state index is 13.3. The molecule has 5 nitrogen and oxygen atoms in total. The molecule has 3 rings (SSSR count). The van der Waals surface area contributed by atoms with Crippen molar-refractivity contribution in [2.45, 2.75) is 78.3 Å². The summed E-state index contributed by atoms with van der Waals surface area (Å²) in [6.45, 7) is 9.59. The first-order chi connectivity index (χ1) is 13.3. The summed E-state index contributed by atoms with van der Waals surface area (Å²) in [5, 5.41) is 3.16. The molecule has 2 fully saturated rings. The summed E-state index contributed by atoms with van der Waals surface area (Å²) < 4.78 is 0. The fourth-order valence-electron chi connectivity index (χ4n) is 4.62. The van der Waals surface area contributed by atoms with Gasteiger partial charge in [-0.2, -0.15) is 0 Å². The Bertz CT molecular complexity index is 702. The lowest BCUT2D eigenvalue weighted by Crippen LogP contribution is -2.54. The number of likely N-dealkylation sites (tertiary alicyclic amines) is 1. The molecule has 0 bridgehead atoms. The van der Waals surface area contributed by atoms with Crippen molar-refractivity contribution in [3.63, 3.8) is 0 Å². The number of nitrogens with zero attached hydrogens (tertiary/aromatic N) is 2. The van der Waals surface area contributed by atoms with Crippen LogP contribution >= 0.6 is 0 Å². The number of benzene rings is 1. The molecule has 0 spiro atoms. The Morgan fingerprint density at radius 3 is 2.14 bits per heavy atom. The van der Waals surface area contributed by atoms with Gasteiger partial charge < -0.3 is 15.1 Å². The monoisotopic (exact) mass is 385 g/mol. The van der Waals surface area contributed by atoms with E-state index in [4.69, 9.17) is 0 Å². The number of aryl methyl sites for hydroxylation is 2. The van der Waals surface area contributed by atoms with Crippen molar-refractivity contribution in [1.29, 1.82) is 0 Å². The lowest BCUT2D eigenvalue weighted by Gasteiger charge is -2.44. The van der Waals surface area contributed by atoms with Gasteiger partial charge in [0.1, 0.15) is 0 Å². The summed E-state index contributed by atoms with van der Waals surface area (Å²) in [5.41, 5.74) is 3.28. The van der Waals surface area contributed by atoms with E-state index in [0.717, 1.165) is 50.4 Å². The smallest absolute Gasteiger partial charge is 0.322 e. The molecule has 1 saturated heterocycles. The van der Waals surface area contributed by atoms with Crippen LogP contribution in [-0.4, -0.2) is 46.9 Å². The van der Waals surface area contributed by atoms with Crippen LogP contribution in [0.4, 0.5) is 10.5 Å². The van der Waals surface area contributed by atoms with E-state index < -0.39 is 0 Å². The highest BCUT2D eigenvalue weighted by molar-refractivity contribution is 5.90. The van der Waals surface area contributed by atoms with Crippen molar-refractivity contribution in [1.82, 2.24) is 9.80 Å². The third-order valence-corrected chi connectivity index (χ3v) is 6.67. The molecule has 154 valence electrons. The topological polar surface area (TPSA) is 52.7 Å². The van der Waals surface area contributed by atoms with E-state index in [2.05, 4.69) is 37.1 Å². The van der Waals surface area contributed by atoms with E-state index in [1.165, 1.54) is 24.0 Å². The molecule has 0 aromatic heterocycles. The van der Waals surface area contributed by atoms with Gasteiger partial charge in [-0.1, -0.05) is 13.0 Å². The van der Waals surface area contributed by atoms with Gasteiger partial charge in [0.2, 0.25) is 5.91 Å². The Labute approximate surface area is 169 Å². The van der Waals surface area contributed by atoms with Crippen LogP contribution in [0, 0.1) is 19.8 Å². The van der Waals surface area contributed by atoms with E-state index in [1.54, 1.807) is 6.92 Å². The molecule has 1 heterocycles. The predicted molar refractivity (Wildman–Crippen MR) is 113 cm³/mol. The zero-order chi connectivity index (χ0) is 20.3. The Balaban J connectivity index is 1.74. The quantitative estimate of drug-likeness (QED) is 0.818. The van der Waals surface area contributed by atoms with Crippen molar-refractivity contribution < 1.29 is 9.59 Å². The van der Waals surface area contributed by atoms with Gasteiger partial charge in [0.25, 0.3) is 0 Å². The van der Waals surface area contributed by atoms with Gasteiger partial charge >= 0.3 is 6.03 Å². The van der Waals surface area contributed by atoms with E-state index in [0.29, 0.717) is 6.04 Å². The minimum atomic E-state index is 0.0177. The molecule has 2 aliphatic rings. The van der Waals surface area contributed by atoms with Gasteiger partial charge in [-0.05, 0) is 81.5 Å². The number of amides is 3. The molecule has 1 saturated carbocycles. The molecule has 0 unspecified atom stereocenters. The van der Waals surface area contributed by atoms with Crippen LogP contribution in [0.5, 0.6) is 0 Å². The summed E-state index contributed by atoms with van der Waals surface area (Å²) in [5.74, 6) is 0.886. The first-order valence-electron chi connectivity index (χ1n) is 10.8. The molecule has 1 aliphatic heterocycles. The molecule has 3 amide bonds. The summed E-state index contributed by atoms with van der Waals surface area (Å²) in [6, 6.07) is 6.62. The number of carbonyl (C=O) groups excluding carboxylic acids is 2. The summed E-state index contributed by atoms with van der Waals surface area (Å²) >= 11 is 0. The lowest BCUT2D eigenvalue weighted by molar-refractivity contribution is -0.130. The average molecular weight is 386 g/mol. The zero-order valence-electron chi connectivity index (χ0n) is 17.8. The second-order valence-corrected chi connectivity index (χ2v) is 8.79. The van der Waals surface area contributed by atoms with Crippen molar-refractivity contribution in [3.8, 4) is 0 Å². The second-order valence-electron chi connectivity index (χ2n) is 8.79. The largest absolute Gasteiger partial charge is 0.343 e. The number of carbonyl (C=O) groups is 2. The van der Waals surface area contributed by atoms with E-state index >= 15 is 0 Å². The van der Waals surface area contributed by atoms with Gasteiger partial charge in [0.05, 0.1) is 0 Å². The molecule has 1 aromatic carbocycles. The highest BCUT2D eigenvalue weighted by Crippen LogP contribution is 2.31. The Morgan fingerprint density at radius 2 is 1.57 bits per heavy atom. The molecule has 0 atom stereocenters. The van der Waals surface area contributed by atoms with Crippen molar-refractivity contribution >= 4 is 17.6 Å². The maximum Gasteiger partial charge on any atom is 0.322 e. The molecule has 0 radical (unpaired) electrons. The fourth-order valence-corrected chi connectivity index (χ4v) is 4.62. The average Bonchev–Trinajstić information content (AvgIpc) is 2.67. The lowest BCUT2D eigenvalue weighted by atomic mass is 9.85. The molecule has 5 heteroatoms. The normalized spacial score (nSPS) is 23.4. The minimum absolute atomic E-state index is 0.0177. The third-order valence-electron chi connectivity index (χ3n) is 6.67. The van der Waals surface area contributed by atoms with Crippen LogP contribution in [0.25, 0.3) is 0 Å². The van der Waals surface area contributed by atoms with Crippen LogP contribution < -0.4 is 5.32 Å². The number of piperidine rings is 1. The molecular weight excluding hydrogens is 350 g/mol. The SMILES string of the molecule is CC(=O)N1CCC(N(C(=O)Nc2ccc(C)c(C)c2)C2CCC(C)CC2)CC1. The summed E-state index contributed by atoms with van der Waals surface area (Å²) in [6.07, 6.45) is 6.26. The predicted octanol–water partition coefficient (Wildman–Crippen LogP) is 4.73. The Kier molecular flexibility index (Phi) is 6.63. The Morgan fingerprint density at radius 1 is 0.964 bits per heavy atom. The van der Waals surface area contributed by atoms with Crippen LogP contribution in [0.3, 0.4) is 0 Å². The first-order valence-corrected chi connectivity index (χ1v) is 10.8. The molecule has 1 aromatic rings. The number of rotatable bonds is 3. The maximum atomic E-state index is 13.3. The number of urea groups is 1. The van der Waals surface area contributed by atoms with Gasteiger partial charge in [0, 0.05) is 37.8 Å². The highest BCUT2D eigenvalue weighted by atomic mass is 16.2. The van der Waals surface area contributed by atoms with E-state index in [1.807, 2.05) is 17.0 Å². The zero-order valence-corrected chi connectivity index (χ0v) is 17.8. The van der Waals surface area contributed by atoms with Crippen LogP contribution in [0.2, 0.25) is 0 Å². The van der Waals surface area contributed by atoms with Gasteiger partial charge in [-0.3, -0.25) is 4.79 Å². The summed E-state index contributed by atoms with van der Waals surface area (Å²) in [7, 11) is 0. The van der Waals surface area contributed by atoms with Crippen LogP contribution in [-0.2, 0) is 4.79 Å². The van der Waals surface area contributed by atoms with Crippen molar-refractivity contribution in [2.75, 3.05) is 18.4 Å². The fraction of sp³-hybridized carbons (Fsp3) is 0.652. The van der Waals surface area contributed by atoms with Gasteiger partial charge in [0.15, 0.2) is 0 Å². The molecule has 28 heavy (non-hydrogen) atoms.